The molecule has 168 valence electrons. The van der Waals surface area contributed by atoms with Gasteiger partial charge < -0.3 is 9.16 Å². The summed E-state index contributed by atoms with van der Waals surface area (Å²) in [6.07, 6.45) is 2.56. The van der Waals surface area contributed by atoms with Crippen LogP contribution in [0.15, 0.2) is 60.7 Å². The molecule has 0 radical (unpaired) electrons. The lowest BCUT2D eigenvalue weighted by atomic mass is 9.93. The number of piperidine rings is 1. The highest BCUT2D eigenvalue weighted by molar-refractivity contribution is 14.1. The molecular weight excluding hydrogens is 513 g/mol. The standard InChI is InChI=1S/C26H36INO2Si/c1-25(2,3)31(22-11-7-5-8-12-22,23-13-9-6-10-14-23)30-24-19-29-20-26(24,4)28-17-15-21(27)16-18-28/h5-14,21,24H,15-20H2,1-4H3/t24-,26+/m1/s1. The van der Waals surface area contributed by atoms with E-state index in [0.29, 0.717) is 6.61 Å². The van der Waals surface area contributed by atoms with Gasteiger partial charge in [0.25, 0.3) is 8.32 Å². The van der Waals surface area contributed by atoms with Crippen LogP contribution >= 0.6 is 22.6 Å². The number of hydrogen-bond acceptors (Lipinski definition) is 3. The Labute approximate surface area is 202 Å². The van der Waals surface area contributed by atoms with E-state index in [-0.39, 0.29) is 16.7 Å². The summed E-state index contributed by atoms with van der Waals surface area (Å²) in [5.41, 5.74) is -0.0795. The quantitative estimate of drug-likeness (QED) is 0.309. The molecule has 31 heavy (non-hydrogen) atoms. The second-order valence-corrected chi connectivity index (χ2v) is 16.3. The van der Waals surface area contributed by atoms with E-state index < -0.39 is 8.32 Å². The number of halogens is 1. The van der Waals surface area contributed by atoms with E-state index >= 15 is 0 Å². The van der Waals surface area contributed by atoms with Gasteiger partial charge in [-0.3, -0.25) is 4.90 Å². The van der Waals surface area contributed by atoms with Crippen LogP contribution in [0.3, 0.4) is 0 Å². The van der Waals surface area contributed by atoms with Crippen molar-refractivity contribution in [2.45, 2.75) is 61.1 Å². The van der Waals surface area contributed by atoms with Crippen LogP contribution in [-0.2, 0) is 9.16 Å². The second-order valence-electron chi connectivity index (χ2n) is 10.3. The fraction of sp³-hybridized carbons (Fsp3) is 0.538. The van der Waals surface area contributed by atoms with Crippen molar-refractivity contribution in [3.63, 3.8) is 0 Å². The number of hydrogen-bond donors (Lipinski definition) is 0. The molecule has 5 heteroatoms. The van der Waals surface area contributed by atoms with Gasteiger partial charge in [-0.15, -0.1) is 0 Å². The van der Waals surface area contributed by atoms with E-state index in [9.17, 15) is 0 Å². The third kappa shape index (κ3) is 4.41. The molecule has 2 saturated heterocycles. The van der Waals surface area contributed by atoms with E-state index in [0.717, 1.165) is 23.6 Å². The minimum atomic E-state index is -2.59. The molecule has 0 amide bonds. The summed E-state index contributed by atoms with van der Waals surface area (Å²) in [5, 5.41) is 2.66. The van der Waals surface area contributed by atoms with E-state index in [2.05, 4.69) is 116 Å². The predicted octanol–water partition coefficient (Wildman–Crippen LogP) is 4.62. The molecule has 2 aliphatic rings. The lowest BCUT2D eigenvalue weighted by Crippen LogP contribution is -2.70. The average molecular weight is 550 g/mol. The third-order valence-corrected chi connectivity index (χ3v) is 13.5. The molecule has 2 aliphatic heterocycles. The largest absolute Gasteiger partial charge is 0.400 e. The van der Waals surface area contributed by atoms with E-state index in [1.807, 2.05) is 0 Å². The van der Waals surface area contributed by atoms with Gasteiger partial charge in [0.2, 0.25) is 0 Å². The predicted molar refractivity (Wildman–Crippen MR) is 140 cm³/mol. The first-order valence-corrected chi connectivity index (χ1v) is 14.7. The lowest BCUT2D eigenvalue weighted by Gasteiger charge is -2.50. The second kappa shape index (κ2) is 9.25. The molecule has 0 aromatic heterocycles. The van der Waals surface area contributed by atoms with Gasteiger partial charge in [-0.25, -0.2) is 0 Å². The summed E-state index contributed by atoms with van der Waals surface area (Å²) in [4.78, 5) is 2.65. The molecule has 0 spiro atoms. The number of nitrogens with zero attached hydrogens (tertiary/aromatic N) is 1. The Morgan fingerprint density at radius 2 is 1.48 bits per heavy atom. The van der Waals surface area contributed by atoms with E-state index in [4.69, 9.17) is 9.16 Å². The molecule has 3 nitrogen and oxygen atoms in total. The molecule has 2 aromatic carbocycles. The molecule has 0 unspecified atom stereocenters. The van der Waals surface area contributed by atoms with Gasteiger partial charge in [0.15, 0.2) is 0 Å². The fourth-order valence-corrected chi connectivity index (χ4v) is 10.7. The van der Waals surface area contributed by atoms with Crippen molar-refractivity contribution in [1.29, 1.82) is 0 Å². The number of ether oxygens (including phenoxy) is 1. The van der Waals surface area contributed by atoms with Crippen molar-refractivity contribution in [2.24, 2.45) is 0 Å². The van der Waals surface area contributed by atoms with Crippen LogP contribution in [0.1, 0.15) is 40.5 Å². The summed E-state index contributed by atoms with van der Waals surface area (Å²) in [6, 6.07) is 21.9. The molecule has 4 rings (SSSR count). The highest BCUT2D eigenvalue weighted by Crippen LogP contribution is 2.41. The number of benzene rings is 2. The van der Waals surface area contributed by atoms with Crippen molar-refractivity contribution in [1.82, 2.24) is 4.90 Å². The van der Waals surface area contributed by atoms with Crippen LogP contribution in [0.4, 0.5) is 0 Å². The van der Waals surface area contributed by atoms with Gasteiger partial charge in [-0.1, -0.05) is 104 Å². The molecule has 0 aliphatic carbocycles. The van der Waals surface area contributed by atoms with E-state index in [1.54, 1.807) is 0 Å². The van der Waals surface area contributed by atoms with Gasteiger partial charge >= 0.3 is 0 Å². The first-order chi connectivity index (χ1) is 14.8. The van der Waals surface area contributed by atoms with Crippen molar-refractivity contribution in [2.75, 3.05) is 26.3 Å². The molecular formula is C26H36INO2Si. The molecule has 2 heterocycles. The van der Waals surface area contributed by atoms with Crippen LogP contribution < -0.4 is 10.4 Å². The maximum Gasteiger partial charge on any atom is 0.261 e. The zero-order valence-electron chi connectivity index (χ0n) is 19.3. The Hall–Kier alpha value is -0.733. The fourth-order valence-electron chi connectivity index (χ4n) is 5.36. The van der Waals surface area contributed by atoms with Gasteiger partial charge in [0, 0.05) is 3.92 Å². The van der Waals surface area contributed by atoms with Gasteiger partial charge in [0.1, 0.15) is 0 Å². The highest BCUT2D eigenvalue weighted by atomic mass is 127. The van der Waals surface area contributed by atoms with Crippen molar-refractivity contribution in [3.05, 3.63) is 60.7 Å². The molecule has 0 saturated carbocycles. The minimum Gasteiger partial charge on any atom is -0.400 e. The maximum atomic E-state index is 7.50. The average Bonchev–Trinajstić information content (AvgIpc) is 3.14. The zero-order chi connectivity index (χ0) is 22.1. The summed E-state index contributed by atoms with van der Waals surface area (Å²) in [6.45, 7) is 13.1. The molecule has 0 N–H and O–H groups in total. The SMILES string of the molecule is CC(C)(C)[Si](O[C@@H]1COC[C@]1(C)N1CCC(I)CC1)(c1ccccc1)c1ccccc1. The summed E-state index contributed by atoms with van der Waals surface area (Å²) in [7, 11) is -2.59. The first-order valence-electron chi connectivity index (χ1n) is 11.5. The van der Waals surface area contributed by atoms with Crippen molar-refractivity contribution >= 4 is 41.3 Å². The van der Waals surface area contributed by atoms with Crippen molar-refractivity contribution in [3.8, 4) is 0 Å². The van der Waals surface area contributed by atoms with Gasteiger partial charge in [-0.05, 0) is 48.3 Å². The smallest absolute Gasteiger partial charge is 0.261 e. The van der Waals surface area contributed by atoms with Crippen LogP contribution in [0, 0.1) is 0 Å². The normalized spacial score (nSPS) is 26.3. The monoisotopic (exact) mass is 549 g/mol. The summed E-state index contributed by atoms with van der Waals surface area (Å²) < 4.78 is 14.4. The maximum absolute atomic E-state index is 7.50. The summed E-state index contributed by atoms with van der Waals surface area (Å²) >= 11 is 2.61. The highest BCUT2D eigenvalue weighted by Gasteiger charge is 2.56. The third-order valence-electron chi connectivity index (χ3n) is 7.24. The Kier molecular flexibility index (Phi) is 6.99. The topological polar surface area (TPSA) is 21.7 Å². The minimum absolute atomic E-state index is 0.0194. The van der Waals surface area contributed by atoms with Crippen LogP contribution in [0.25, 0.3) is 0 Å². The van der Waals surface area contributed by atoms with Crippen LogP contribution in [-0.4, -0.2) is 55.1 Å². The number of rotatable bonds is 5. The van der Waals surface area contributed by atoms with Crippen LogP contribution in [0.5, 0.6) is 0 Å². The van der Waals surface area contributed by atoms with Crippen LogP contribution in [0.2, 0.25) is 5.04 Å². The number of likely N-dealkylation sites (tertiary alicyclic amines) is 1. The van der Waals surface area contributed by atoms with E-state index in [1.165, 1.54) is 23.2 Å². The Bertz CT molecular complexity index is 809. The Morgan fingerprint density at radius 1 is 0.968 bits per heavy atom. The summed E-state index contributed by atoms with van der Waals surface area (Å²) in [5.74, 6) is 0. The van der Waals surface area contributed by atoms with Gasteiger partial charge in [0.05, 0.1) is 24.9 Å². The molecule has 2 fully saturated rings. The molecule has 2 atom stereocenters. The first kappa shape index (κ1) is 23.4. The Morgan fingerprint density at radius 3 is 1.97 bits per heavy atom. The zero-order valence-corrected chi connectivity index (χ0v) is 22.5. The van der Waals surface area contributed by atoms with Crippen molar-refractivity contribution < 1.29 is 9.16 Å². The molecule has 0 bridgehead atoms. The van der Waals surface area contributed by atoms with Gasteiger partial charge in [-0.2, -0.15) is 0 Å². The lowest BCUT2D eigenvalue weighted by molar-refractivity contribution is 0.0100. The Balaban J connectivity index is 1.78. The number of alkyl halides is 1. The molecule has 2 aromatic rings.